The van der Waals surface area contributed by atoms with Gasteiger partial charge < -0.3 is 15.7 Å². The van der Waals surface area contributed by atoms with Gasteiger partial charge in [-0.15, -0.1) is 0 Å². The van der Waals surface area contributed by atoms with Gasteiger partial charge in [0.25, 0.3) is 5.91 Å². The number of anilines is 1. The molecule has 0 radical (unpaired) electrons. The molecule has 5 nitrogen and oxygen atoms in total. The molecule has 3 N–H and O–H groups in total. The van der Waals surface area contributed by atoms with Crippen LogP contribution in [0.4, 0.5) is 5.69 Å². The zero-order chi connectivity index (χ0) is 15.6. The maximum Gasteiger partial charge on any atom is 0.272 e. The molecule has 0 unspecified atom stereocenters. The number of aromatic nitrogens is 1. The van der Waals surface area contributed by atoms with Gasteiger partial charge in [-0.1, -0.05) is 18.2 Å². The maximum absolute atomic E-state index is 12.5. The first-order valence-corrected chi connectivity index (χ1v) is 6.99. The molecular formula is C16H21N3O2. The number of pyridine rings is 1. The van der Waals surface area contributed by atoms with Crippen LogP contribution in [0.1, 0.15) is 31.3 Å². The minimum Gasteiger partial charge on any atom is -0.398 e. The van der Waals surface area contributed by atoms with Crippen molar-refractivity contribution in [2.75, 3.05) is 18.8 Å². The smallest absolute Gasteiger partial charge is 0.272 e. The number of nitrogen functional groups attached to an aromatic ring is 1. The van der Waals surface area contributed by atoms with E-state index >= 15 is 0 Å². The SMILES string of the molecule is CCN(CC(C)(C)O)C(=O)c1cc(N)c2ccccc2n1. The molecule has 1 heterocycles. The summed E-state index contributed by atoms with van der Waals surface area (Å²) in [5.74, 6) is -0.225. The van der Waals surface area contributed by atoms with E-state index in [2.05, 4.69) is 4.98 Å². The van der Waals surface area contributed by atoms with Crippen molar-refractivity contribution in [1.29, 1.82) is 0 Å². The van der Waals surface area contributed by atoms with E-state index in [1.165, 1.54) is 0 Å². The Morgan fingerprint density at radius 1 is 1.38 bits per heavy atom. The zero-order valence-corrected chi connectivity index (χ0v) is 12.6. The Balaban J connectivity index is 2.38. The summed E-state index contributed by atoms with van der Waals surface area (Å²) >= 11 is 0. The lowest BCUT2D eigenvalue weighted by atomic mass is 10.1. The molecule has 21 heavy (non-hydrogen) atoms. The highest BCUT2D eigenvalue weighted by atomic mass is 16.3. The van der Waals surface area contributed by atoms with Crippen LogP contribution < -0.4 is 5.73 Å². The third-order valence-corrected chi connectivity index (χ3v) is 3.21. The molecule has 112 valence electrons. The Morgan fingerprint density at radius 2 is 2.05 bits per heavy atom. The zero-order valence-electron chi connectivity index (χ0n) is 12.6. The van der Waals surface area contributed by atoms with E-state index in [-0.39, 0.29) is 12.5 Å². The van der Waals surface area contributed by atoms with Gasteiger partial charge in [0.05, 0.1) is 11.1 Å². The Bertz CT molecular complexity index is 662. The van der Waals surface area contributed by atoms with Crippen LogP contribution in [0.25, 0.3) is 10.9 Å². The van der Waals surface area contributed by atoms with E-state index in [1.807, 2.05) is 31.2 Å². The normalized spacial score (nSPS) is 11.6. The van der Waals surface area contributed by atoms with Crippen molar-refractivity contribution in [3.8, 4) is 0 Å². The van der Waals surface area contributed by atoms with Crippen molar-refractivity contribution in [1.82, 2.24) is 9.88 Å². The van der Waals surface area contributed by atoms with Crippen molar-refractivity contribution >= 4 is 22.5 Å². The predicted octanol–water partition coefficient (Wildman–Crippen LogP) is 2.05. The monoisotopic (exact) mass is 287 g/mol. The number of carbonyl (C=O) groups is 1. The van der Waals surface area contributed by atoms with Crippen LogP contribution in [0.5, 0.6) is 0 Å². The molecule has 0 fully saturated rings. The Labute approximate surface area is 124 Å². The van der Waals surface area contributed by atoms with Gasteiger partial charge in [-0.25, -0.2) is 4.98 Å². The summed E-state index contributed by atoms with van der Waals surface area (Å²) in [6, 6.07) is 9.04. The van der Waals surface area contributed by atoms with E-state index in [0.29, 0.717) is 23.4 Å². The molecule has 0 saturated carbocycles. The average Bonchev–Trinajstić information content (AvgIpc) is 2.43. The lowest BCUT2D eigenvalue weighted by Gasteiger charge is -2.28. The van der Waals surface area contributed by atoms with Crippen LogP contribution in [0.3, 0.4) is 0 Å². The molecule has 5 heteroatoms. The summed E-state index contributed by atoms with van der Waals surface area (Å²) in [5.41, 5.74) is 6.58. The Kier molecular flexibility index (Phi) is 4.14. The molecule has 0 aliphatic heterocycles. The molecule has 0 aliphatic rings. The fraction of sp³-hybridized carbons (Fsp3) is 0.375. The van der Waals surface area contributed by atoms with Crippen LogP contribution in [0.15, 0.2) is 30.3 Å². The van der Waals surface area contributed by atoms with Crippen LogP contribution >= 0.6 is 0 Å². The Morgan fingerprint density at radius 3 is 2.67 bits per heavy atom. The maximum atomic E-state index is 12.5. The second kappa shape index (κ2) is 5.69. The number of hydrogen-bond donors (Lipinski definition) is 2. The lowest BCUT2D eigenvalue weighted by Crippen LogP contribution is -2.42. The van der Waals surface area contributed by atoms with Gasteiger partial charge in [0.1, 0.15) is 5.69 Å². The number of para-hydroxylation sites is 1. The molecule has 1 aromatic carbocycles. The first-order chi connectivity index (χ1) is 9.81. The molecule has 0 spiro atoms. The molecular weight excluding hydrogens is 266 g/mol. The van der Waals surface area contributed by atoms with Crippen LogP contribution in [-0.2, 0) is 0 Å². The van der Waals surface area contributed by atoms with Crippen LogP contribution in [0, 0.1) is 0 Å². The summed E-state index contributed by atoms with van der Waals surface area (Å²) < 4.78 is 0. The van der Waals surface area contributed by atoms with Gasteiger partial charge in [0.15, 0.2) is 0 Å². The third kappa shape index (κ3) is 3.49. The average molecular weight is 287 g/mol. The first kappa shape index (κ1) is 15.3. The van der Waals surface area contributed by atoms with Gasteiger partial charge in [-0.2, -0.15) is 0 Å². The van der Waals surface area contributed by atoms with Crippen molar-refractivity contribution < 1.29 is 9.90 Å². The summed E-state index contributed by atoms with van der Waals surface area (Å²) in [6.07, 6.45) is 0. The minimum atomic E-state index is -0.950. The Hall–Kier alpha value is -2.14. The molecule has 0 aliphatic carbocycles. The number of likely N-dealkylation sites (N-methyl/N-ethyl adjacent to an activating group) is 1. The number of nitrogens with zero attached hydrogens (tertiary/aromatic N) is 2. The van der Waals surface area contributed by atoms with Gasteiger partial charge in [0, 0.05) is 24.2 Å². The van der Waals surface area contributed by atoms with Crippen LogP contribution in [0.2, 0.25) is 0 Å². The number of hydrogen-bond acceptors (Lipinski definition) is 4. The van der Waals surface area contributed by atoms with Crippen molar-refractivity contribution in [3.63, 3.8) is 0 Å². The summed E-state index contributed by atoms with van der Waals surface area (Å²) in [6.45, 7) is 5.96. The van der Waals surface area contributed by atoms with Crippen molar-refractivity contribution in [2.45, 2.75) is 26.4 Å². The number of carbonyl (C=O) groups excluding carboxylic acids is 1. The van der Waals surface area contributed by atoms with Crippen molar-refractivity contribution in [3.05, 3.63) is 36.0 Å². The largest absolute Gasteiger partial charge is 0.398 e. The number of aliphatic hydroxyl groups is 1. The molecule has 2 aromatic rings. The quantitative estimate of drug-likeness (QED) is 0.902. The highest BCUT2D eigenvalue weighted by Gasteiger charge is 2.23. The highest BCUT2D eigenvalue weighted by molar-refractivity contribution is 5.99. The van der Waals surface area contributed by atoms with Gasteiger partial charge in [-0.05, 0) is 32.9 Å². The lowest BCUT2D eigenvalue weighted by molar-refractivity contribution is 0.0312. The standard InChI is InChI=1S/C16H21N3O2/c1-4-19(10-16(2,3)21)15(20)14-9-12(17)11-7-5-6-8-13(11)18-14/h5-9,21H,4,10H2,1-3H3,(H2,17,18). The third-order valence-electron chi connectivity index (χ3n) is 3.21. The molecule has 0 saturated heterocycles. The summed E-state index contributed by atoms with van der Waals surface area (Å²) in [5, 5.41) is 10.7. The van der Waals surface area contributed by atoms with E-state index in [0.717, 1.165) is 5.39 Å². The van der Waals surface area contributed by atoms with Gasteiger partial charge in [0.2, 0.25) is 0 Å². The molecule has 1 amide bonds. The molecule has 0 bridgehead atoms. The number of amides is 1. The van der Waals surface area contributed by atoms with E-state index in [4.69, 9.17) is 5.73 Å². The highest BCUT2D eigenvalue weighted by Crippen LogP contribution is 2.21. The molecule has 2 rings (SSSR count). The van der Waals surface area contributed by atoms with Gasteiger partial charge >= 0.3 is 0 Å². The first-order valence-electron chi connectivity index (χ1n) is 6.99. The number of benzene rings is 1. The fourth-order valence-corrected chi connectivity index (χ4v) is 2.27. The number of fused-ring (bicyclic) bond motifs is 1. The second-order valence-electron chi connectivity index (χ2n) is 5.75. The van der Waals surface area contributed by atoms with Crippen LogP contribution in [-0.4, -0.2) is 39.6 Å². The van der Waals surface area contributed by atoms with E-state index < -0.39 is 5.60 Å². The minimum absolute atomic E-state index is 0.225. The fourth-order valence-electron chi connectivity index (χ4n) is 2.27. The van der Waals surface area contributed by atoms with Crippen molar-refractivity contribution in [2.24, 2.45) is 0 Å². The second-order valence-corrected chi connectivity index (χ2v) is 5.75. The number of nitrogens with two attached hydrogens (primary N) is 1. The molecule has 0 atom stereocenters. The summed E-state index contributed by atoms with van der Waals surface area (Å²) in [7, 11) is 0. The predicted molar refractivity (Wildman–Crippen MR) is 84.0 cm³/mol. The number of rotatable bonds is 4. The van der Waals surface area contributed by atoms with E-state index in [1.54, 1.807) is 24.8 Å². The van der Waals surface area contributed by atoms with Gasteiger partial charge in [-0.3, -0.25) is 4.79 Å². The molecule has 1 aromatic heterocycles. The summed E-state index contributed by atoms with van der Waals surface area (Å²) in [4.78, 5) is 18.5. The topological polar surface area (TPSA) is 79.5 Å². The van der Waals surface area contributed by atoms with E-state index in [9.17, 15) is 9.90 Å².